The number of nitro benzene ring substituents is 1. The monoisotopic (exact) mass is 298 g/mol. The largest absolute Gasteiger partial charge is 0.320 e. The van der Waals surface area contributed by atoms with Crippen molar-refractivity contribution in [2.24, 2.45) is 0 Å². The Bertz CT molecular complexity index is 658. The van der Waals surface area contributed by atoms with E-state index in [4.69, 9.17) is 11.6 Å². The summed E-state index contributed by atoms with van der Waals surface area (Å²) in [6, 6.07) is 4.16. The van der Waals surface area contributed by atoms with Gasteiger partial charge in [-0.1, -0.05) is 11.3 Å². The third-order valence-electron chi connectivity index (χ3n) is 2.26. The second-order valence-corrected chi connectivity index (χ2v) is 5.13. The maximum absolute atomic E-state index is 11.8. The van der Waals surface area contributed by atoms with Gasteiger partial charge in [0.05, 0.1) is 4.92 Å². The molecule has 0 aliphatic rings. The summed E-state index contributed by atoms with van der Waals surface area (Å²) in [4.78, 5) is 21.9. The molecule has 0 fully saturated rings. The normalized spacial score (nSPS) is 10.2. The Morgan fingerprint density at radius 2 is 2.21 bits per heavy atom. The first-order chi connectivity index (χ1) is 8.97. The van der Waals surface area contributed by atoms with Gasteiger partial charge in [-0.05, 0) is 30.2 Å². The quantitative estimate of drug-likeness (QED) is 0.694. The number of rotatable bonds is 3. The van der Waals surface area contributed by atoms with E-state index in [9.17, 15) is 14.9 Å². The predicted octanol–water partition coefficient (Wildman–Crippen LogP) is 2.66. The Morgan fingerprint density at radius 1 is 1.47 bits per heavy atom. The van der Waals surface area contributed by atoms with Gasteiger partial charge < -0.3 is 5.32 Å². The molecule has 1 heterocycles. The fourth-order valence-corrected chi connectivity index (χ4v) is 2.10. The summed E-state index contributed by atoms with van der Waals surface area (Å²) in [5.41, 5.74) is 1.02. The van der Waals surface area contributed by atoms with Crippen molar-refractivity contribution in [3.05, 3.63) is 43.4 Å². The van der Waals surface area contributed by atoms with Gasteiger partial charge in [-0.25, -0.2) is 0 Å². The standard InChI is InChI=1S/C10H7ClN4O3S/c1-5-4-6(15(17)18)2-3-7(5)12-8(16)9-13-14-10(11)19-9/h2-4H,1H3,(H,12,16). The lowest BCUT2D eigenvalue weighted by molar-refractivity contribution is -0.384. The van der Waals surface area contributed by atoms with E-state index in [-0.39, 0.29) is 15.2 Å². The molecule has 0 unspecified atom stereocenters. The number of carbonyl (C=O) groups is 1. The maximum Gasteiger partial charge on any atom is 0.286 e. The summed E-state index contributed by atoms with van der Waals surface area (Å²) in [7, 11) is 0. The first-order valence-electron chi connectivity index (χ1n) is 5.03. The van der Waals surface area contributed by atoms with Crippen molar-refractivity contribution < 1.29 is 9.72 Å². The molecule has 0 aliphatic heterocycles. The highest BCUT2D eigenvalue weighted by Gasteiger charge is 2.14. The second kappa shape index (κ2) is 5.29. The van der Waals surface area contributed by atoms with Gasteiger partial charge in [0.1, 0.15) is 0 Å². The molecule has 7 nitrogen and oxygen atoms in total. The fraction of sp³-hybridized carbons (Fsp3) is 0.100. The maximum atomic E-state index is 11.8. The van der Waals surface area contributed by atoms with E-state index in [1.807, 2.05) is 0 Å². The molecule has 1 amide bonds. The zero-order chi connectivity index (χ0) is 14.0. The molecule has 2 rings (SSSR count). The Morgan fingerprint density at radius 3 is 2.74 bits per heavy atom. The van der Waals surface area contributed by atoms with E-state index < -0.39 is 10.8 Å². The number of carbonyl (C=O) groups excluding carboxylic acids is 1. The van der Waals surface area contributed by atoms with Crippen LogP contribution in [-0.4, -0.2) is 21.0 Å². The number of hydrogen-bond donors (Lipinski definition) is 1. The Balaban J connectivity index is 2.20. The van der Waals surface area contributed by atoms with Crippen molar-refractivity contribution in [3.63, 3.8) is 0 Å². The molecule has 2 aromatic rings. The molecule has 1 aromatic carbocycles. The molecular formula is C10H7ClN4O3S. The van der Waals surface area contributed by atoms with Crippen LogP contribution in [0.3, 0.4) is 0 Å². The number of amides is 1. The number of nitrogens with zero attached hydrogens (tertiary/aromatic N) is 3. The molecule has 0 saturated carbocycles. The van der Waals surface area contributed by atoms with Crippen LogP contribution >= 0.6 is 22.9 Å². The number of non-ortho nitro benzene ring substituents is 1. The first-order valence-corrected chi connectivity index (χ1v) is 6.22. The number of anilines is 1. The van der Waals surface area contributed by atoms with Gasteiger partial charge in [0.2, 0.25) is 9.47 Å². The third-order valence-corrected chi connectivity index (χ3v) is 3.28. The van der Waals surface area contributed by atoms with E-state index in [1.165, 1.54) is 18.2 Å². The lowest BCUT2D eigenvalue weighted by atomic mass is 10.2. The molecule has 9 heteroatoms. The number of hydrogen-bond acceptors (Lipinski definition) is 6. The number of benzene rings is 1. The zero-order valence-corrected chi connectivity index (χ0v) is 11.2. The van der Waals surface area contributed by atoms with Gasteiger partial charge in [-0.15, -0.1) is 10.2 Å². The van der Waals surface area contributed by atoms with Crippen molar-refractivity contribution in [1.29, 1.82) is 0 Å². The van der Waals surface area contributed by atoms with E-state index in [0.717, 1.165) is 11.3 Å². The number of nitrogens with one attached hydrogen (secondary N) is 1. The highest BCUT2D eigenvalue weighted by molar-refractivity contribution is 7.17. The average Bonchev–Trinajstić information content (AvgIpc) is 2.78. The average molecular weight is 299 g/mol. The fourth-order valence-electron chi connectivity index (χ4n) is 1.37. The van der Waals surface area contributed by atoms with Crippen LogP contribution in [0.1, 0.15) is 15.4 Å². The summed E-state index contributed by atoms with van der Waals surface area (Å²) < 4.78 is 0.172. The van der Waals surface area contributed by atoms with Crippen molar-refractivity contribution in [2.75, 3.05) is 5.32 Å². The topological polar surface area (TPSA) is 98.0 Å². The van der Waals surface area contributed by atoms with Crippen molar-refractivity contribution in [2.45, 2.75) is 6.92 Å². The van der Waals surface area contributed by atoms with E-state index >= 15 is 0 Å². The summed E-state index contributed by atoms with van der Waals surface area (Å²) in [6.07, 6.45) is 0. The van der Waals surface area contributed by atoms with Crippen LogP contribution in [0.15, 0.2) is 18.2 Å². The van der Waals surface area contributed by atoms with Gasteiger partial charge in [0, 0.05) is 17.8 Å². The molecule has 98 valence electrons. The molecule has 0 radical (unpaired) electrons. The molecular weight excluding hydrogens is 292 g/mol. The molecule has 0 bridgehead atoms. The molecule has 0 aliphatic carbocycles. The minimum atomic E-state index is -0.497. The SMILES string of the molecule is Cc1cc([N+](=O)[O-])ccc1NC(=O)c1nnc(Cl)s1. The van der Waals surface area contributed by atoms with E-state index in [1.54, 1.807) is 6.92 Å². The Kier molecular flexibility index (Phi) is 3.72. The first kappa shape index (κ1) is 13.4. The number of nitro groups is 1. The van der Waals surface area contributed by atoms with Crippen molar-refractivity contribution >= 4 is 40.2 Å². The van der Waals surface area contributed by atoms with Gasteiger partial charge in [-0.3, -0.25) is 14.9 Å². The van der Waals surface area contributed by atoms with Crippen LogP contribution < -0.4 is 5.32 Å². The minimum absolute atomic E-state index is 0.0329. The van der Waals surface area contributed by atoms with Crippen LogP contribution in [0.5, 0.6) is 0 Å². The number of halogens is 1. The molecule has 19 heavy (non-hydrogen) atoms. The lowest BCUT2D eigenvalue weighted by Gasteiger charge is -2.06. The molecule has 1 aromatic heterocycles. The van der Waals surface area contributed by atoms with Gasteiger partial charge in [-0.2, -0.15) is 0 Å². The van der Waals surface area contributed by atoms with Crippen LogP contribution in [0, 0.1) is 17.0 Å². The van der Waals surface area contributed by atoms with Crippen LogP contribution in [0.25, 0.3) is 0 Å². The number of aromatic nitrogens is 2. The Labute approximate surface area is 116 Å². The summed E-state index contributed by atoms with van der Waals surface area (Å²) >= 11 is 6.54. The van der Waals surface area contributed by atoms with E-state index in [0.29, 0.717) is 11.3 Å². The van der Waals surface area contributed by atoms with Crippen molar-refractivity contribution in [1.82, 2.24) is 10.2 Å². The van der Waals surface area contributed by atoms with Crippen molar-refractivity contribution in [3.8, 4) is 0 Å². The highest BCUT2D eigenvalue weighted by atomic mass is 35.5. The summed E-state index contributed by atoms with van der Waals surface area (Å²) in [6.45, 7) is 1.66. The van der Waals surface area contributed by atoms with E-state index in [2.05, 4.69) is 15.5 Å². The lowest BCUT2D eigenvalue weighted by Crippen LogP contribution is -2.12. The molecule has 0 saturated heterocycles. The third kappa shape index (κ3) is 3.04. The zero-order valence-electron chi connectivity index (χ0n) is 9.58. The van der Waals surface area contributed by atoms with Crippen LogP contribution in [0.4, 0.5) is 11.4 Å². The molecule has 1 N–H and O–H groups in total. The second-order valence-electron chi connectivity index (χ2n) is 3.57. The number of aryl methyl sites for hydroxylation is 1. The molecule has 0 atom stereocenters. The minimum Gasteiger partial charge on any atom is -0.320 e. The van der Waals surface area contributed by atoms with Crippen LogP contribution in [0.2, 0.25) is 4.47 Å². The van der Waals surface area contributed by atoms with Crippen LogP contribution in [-0.2, 0) is 0 Å². The Hall–Kier alpha value is -2.06. The summed E-state index contributed by atoms with van der Waals surface area (Å²) in [5.74, 6) is -0.457. The van der Waals surface area contributed by atoms with Gasteiger partial charge >= 0.3 is 0 Å². The smallest absolute Gasteiger partial charge is 0.286 e. The molecule has 0 spiro atoms. The summed E-state index contributed by atoms with van der Waals surface area (Å²) in [5, 5.41) is 20.4. The predicted molar refractivity (Wildman–Crippen MR) is 70.7 cm³/mol. The highest BCUT2D eigenvalue weighted by Crippen LogP contribution is 2.22. The van der Waals surface area contributed by atoms with Gasteiger partial charge in [0.25, 0.3) is 11.6 Å². The van der Waals surface area contributed by atoms with Gasteiger partial charge in [0.15, 0.2) is 0 Å².